The predicted octanol–water partition coefficient (Wildman–Crippen LogP) is 1.95. The molecule has 0 aliphatic heterocycles. The van der Waals surface area contributed by atoms with Crippen LogP contribution in [-0.2, 0) is 9.59 Å². The monoisotopic (exact) mass is 317 g/mol. The molecule has 1 aliphatic carbocycles. The van der Waals surface area contributed by atoms with Crippen molar-refractivity contribution in [1.82, 2.24) is 10.2 Å². The lowest BCUT2D eigenvalue weighted by atomic mass is 10.1. The van der Waals surface area contributed by atoms with E-state index in [1.54, 1.807) is 0 Å². The van der Waals surface area contributed by atoms with Gasteiger partial charge in [0.15, 0.2) is 0 Å². The maximum atomic E-state index is 12.3. The van der Waals surface area contributed by atoms with E-state index in [1.165, 1.54) is 0 Å². The lowest BCUT2D eigenvalue weighted by Gasteiger charge is -2.10. The highest BCUT2D eigenvalue weighted by atomic mass is 16.2. The minimum atomic E-state index is -0.191. The molecule has 23 heavy (non-hydrogen) atoms. The first kappa shape index (κ1) is 17.5. The van der Waals surface area contributed by atoms with Crippen molar-refractivity contribution >= 4 is 17.5 Å². The van der Waals surface area contributed by atoms with Crippen LogP contribution in [0.25, 0.3) is 0 Å². The topological polar surface area (TPSA) is 61.4 Å². The highest BCUT2D eigenvalue weighted by Gasteiger charge is 2.47. The molecule has 2 amide bonds. The number of rotatable bonds is 7. The van der Waals surface area contributed by atoms with E-state index in [2.05, 4.69) is 15.5 Å². The van der Waals surface area contributed by atoms with Crippen LogP contribution in [0.15, 0.2) is 18.2 Å². The van der Waals surface area contributed by atoms with E-state index in [1.807, 2.05) is 46.1 Å². The van der Waals surface area contributed by atoms with Crippen molar-refractivity contribution in [3.05, 3.63) is 29.3 Å². The van der Waals surface area contributed by atoms with Gasteiger partial charge in [-0.15, -0.1) is 0 Å². The summed E-state index contributed by atoms with van der Waals surface area (Å²) in [5.41, 5.74) is 2.98. The van der Waals surface area contributed by atoms with Crippen LogP contribution in [0, 0.1) is 25.7 Å². The molecule has 2 atom stereocenters. The summed E-state index contributed by atoms with van der Waals surface area (Å²) < 4.78 is 0. The second-order valence-electron chi connectivity index (χ2n) is 6.70. The Morgan fingerprint density at radius 2 is 1.87 bits per heavy atom. The summed E-state index contributed by atoms with van der Waals surface area (Å²) >= 11 is 0. The van der Waals surface area contributed by atoms with Gasteiger partial charge in [0.2, 0.25) is 11.8 Å². The SMILES string of the molecule is Cc1ccc(C)c(NC(=O)C2CC2C(=O)NCCCN(C)C)c1. The second-order valence-corrected chi connectivity index (χ2v) is 6.70. The molecular weight excluding hydrogens is 290 g/mol. The number of amides is 2. The van der Waals surface area contributed by atoms with E-state index in [9.17, 15) is 9.59 Å². The average molecular weight is 317 g/mol. The van der Waals surface area contributed by atoms with Crippen molar-refractivity contribution in [1.29, 1.82) is 0 Å². The minimum absolute atomic E-state index is 0.00451. The summed E-state index contributed by atoms with van der Waals surface area (Å²) in [7, 11) is 4.02. The maximum Gasteiger partial charge on any atom is 0.228 e. The molecular formula is C18H27N3O2. The smallest absolute Gasteiger partial charge is 0.228 e. The number of carbonyl (C=O) groups excluding carboxylic acids is 2. The van der Waals surface area contributed by atoms with Gasteiger partial charge in [-0.3, -0.25) is 9.59 Å². The molecule has 0 heterocycles. The number of hydrogen-bond acceptors (Lipinski definition) is 3. The number of benzene rings is 1. The van der Waals surface area contributed by atoms with Crippen LogP contribution in [0.3, 0.4) is 0 Å². The zero-order valence-electron chi connectivity index (χ0n) is 14.5. The summed E-state index contributed by atoms with van der Waals surface area (Å²) in [6.07, 6.45) is 1.57. The fourth-order valence-electron chi connectivity index (χ4n) is 2.61. The quantitative estimate of drug-likeness (QED) is 0.756. The van der Waals surface area contributed by atoms with Crippen molar-refractivity contribution < 1.29 is 9.59 Å². The highest BCUT2D eigenvalue weighted by Crippen LogP contribution is 2.39. The van der Waals surface area contributed by atoms with Crippen LogP contribution in [0.4, 0.5) is 5.69 Å². The minimum Gasteiger partial charge on any atom is -0.356 e. The molecule has 5 heteroatoms. The molecule has 126 valence electrons. The van der Waals surface area contributed by atoms with Crippen LogP contribution in [0.2, 0.25) is 0 Å². The molecule has 1 saturated carbocycles. The van der Waals surface area contributed by atoms with Gasteiger partial charge < -0.3 is 15.5 Å². The van der Waals surface area contributed by atoms with E-state index in [0.717, 1.165) is 29.8 Å². The van der Waals surface area contributed by atoms with Gasteiger partial charge in [-0.1, -0.05) is 12.1 Å². The Balaban J connectivity index is 1.77. The van der Waals surface area contributed by atoms with Gasteiger partial charge in [0.1, 0.15) is 0 Å². The van der Waals surface area contributed by atoms with Crippen molar-refractivity contribution in [2.24, 2.45) is 11.8 Å². The number of nitrogens with one attached hydrogen (secondary N) is 2. The lowest BCUT2D eigenvalue weighted by molar-refractivity contribution is -0.125. The Bertz CT molecular complexity index is 584. The Hall–Kier alpha value is -1.88. The fraction of sp³-hybridized carbons (Fsp3) is 0.556. The molecule has 0 radical (unpaired) electrons. The Morgan fingerprint density at radius 3 is 2.57 bits per heavy atom. The normalized spacial score (nSPS) is 19.5. The molecule has 0 spiro atoms. The molecule has 1 aliphatic rings. The highest BCUT2D eigenvalue weighted by molar-refractivity contribution is 5.99. The van der Waals surface area contributed by atoms with Gasteiger partial charge in [-0.2, -0.15) is 0 Å². The van der Waals surface area contributed by atoms with Crippen LogP contribution in [0.5, 0.6) is 0 Å². The van der Waals surface area contributed by atoms with Gasteiger partial charge in [-0.05, 0) is 64.5 Å². The number of aryl methyl sites for hydroxylation is 2. The Labute approximate surface area is 138 Å². The first-order valence-corrected chi connectivity index (χ1v) is 8.19. The van der Waals surface area contributed by atoms with Gasteiger partial charge in [-0.25, -0.2) is 0 Å². The molecule has 1 fully saturated rings. The van der Waals surface area contributed by atoms with Crippen LogP contribution in [0.1, 0.15) is 24.0 Å². The third-order valence-electron chi connectivity index (χ3n) is 4.20. The average Bonchev–Trinajstić information content (AvgIpc) is 3.27. The number of carbonyl (C=O) groups is 2. The first-order valence-electron chi connectivity index (χ1n) is 8.19. The number of anilines is 1. The van der Waals surface area contributed by atoms with Crippen LogP contribution < -0.4 is 10.6 Å². The number of hydrogen-bond donors (Lipinski definition) is 2. The molecule has 2 rings (SSSR count). The van der Waals surface area contributed by atoms with Crippen molar-refractivity contribution in [3.63, 3.8) is 0 Å². The standard InChI is InChI=1S/C18H27N3O2/c1-12-6-7-13(2)16(10-12)20-18(23)15-11-14(15)17(22)19-8-5-9-21(3)4/h6-7,10,14-15H,5,8-9,11H2,1-4H3,(H,19,22)(H,20,23). The molecule has 2 unspecified atom stereocenters. The third-order valence-corrected chi connectivity index (χ3v) is 4.20. The summed E-state index contributed by atoms with van der Waals surface area (Å²) in [6.45, 7) is 5.58. The fourth-order valence-corrected chi connectivity index (χ4v) is 2.61. The van der Waals surface area contributed by atoms with Gasteiger partial charge >= 0.3 is 0 Å². The predicted molar refractivity (Wildman–Crippen MR) is 92.3 cm³/mol. The lowest BCUT2D eigenvalue weighted by Crippen LogP contribution is -2.30. The van der Waals surface area contributed by atoms with E-state index in [4.69, 9.17) is 0 Å². The molecule has 1 aromatic carbocycles. The van der Waals surface area contributed by atoms with Crippen molar-refractivity contribution in [3.8, 4) is 0 Å². The zero-order valence-corrected chi connectivity index (χ0v) is 14.5. The zero-order chi connectivity index (χ0) is 17.0. The maximum absolute atomic E-state index is 12.3. The summed E-state index contributed by atoms with van der Waals surface area (Å²) in [5, 5.41) is 5.88. The van der Waals surface area contributed by atoms with Gasteiger partial charge in [0, 0.05) is 12.2 Å². The van der Waals surface area contributed by atoms with Crippen LogP contribution in [-0.4, -0.2) is 43.9 Å². The van der Waals surface area contributed by atoms with Crippen molar-refractivity contribution in [2.45, 2.75) is 26.7 Å². The summed E-state index contributed by atoms with van der Waals surface area (Å²) in [6, 6.07) is 5.98. The van der Waals surface area contributed by atoms with E-state index in [0.29, 0.717) is 13.0 Å². The Kier molecular flexibility index (Phi) is 5.77. The largest absolute Gasteiger partial charge is 0.356 e. The van der Waals surface area contributed by atoms with Crippen LogP contribution >= 0.6 is 0 Å². The molecule has 0 bridgehead atoms. The second kappa shape index (κ2) is 7.59. The van der Waals surface area contributed by atoms with Gasteiger partial charge in [0.25, 0.3) is 0 Å². The molecule has 0 aromatic heterocycles. The summed E-state index contributed by atoms with van der Waals surface area (Å²) in [5.74, 6) is -0.403. The van der Waals surface area contributed by atoms with E-state index in [-0.39, 0.29) is 23.7 Å². The number of nitrogens with zero attached hydrogens (tertiary/aromatic N) is 1. The molecule has 2 N–H and O–H groups in total. The first-order chi connectivity index (χ1) is 10.9. The van der Waals surface area contributed by atoms with Crippen molar-refractivity contribution in [2.75, 3.05) is 32.5 Å². The Morgan fingerprint density at radius 1 is 1.17 bits per heavy atom. The molecule has 5 nitrogen and oxygen atoms in total. The van der Waals surface area contributed by atoms with E-state index >= 15 is 0 Å². The van der Waals surface area contributed by atoms with Gasteiger partial charge in [0.05, 0.1) is 11.8 Å². The third kappa shape index (κ3) is 5.06. The summed E-state index contributed by atoms with van der Waals surface area (Å²) in [4.78, 5) is 26.4. The molecule has 0 saturated heterocycles. The van der Waals surface area contributed by atoms with E-state index < -0.39 is 0 Å². The molecule has 1 aromatic rings.